The van der Waals surface area contributed by atoms with Crippen LogP contribution in [0.3, 0.4) is 0 Å². The molecule has 0 saturated heterocycles. The van der Waals surface area contributed by atoms with E-state index in [0.29, 0.717) is 36.0 Å². The lowest BCUT2D eigenvalue weighted by molar-refractivity contribution is 0.0754. The highest BCUT2D eigenvalue weighted by molar-refractivity contribution is 6.07. The van der Waals surface area contributed by atoms with Crippen molar-refractivity contribution in [1.29, 1.82) is 0 Å². The minimum Gasteiger partial charge on any atom is -0.508 e. The lowest BCUT2D eigenvalue weighted by Crippen LogP contribution is -2.25. The number of aromatic nitrogens is 3. The predicted molar refractivity (Wildman–Crippen MR) is 146 cm³/mol. The third kappa shape index (κ3) is 5.26. The van der Waals surface area contributed by atoms with Crippen LogP contribution in [-0.4, -0.2) is 38.0 Å². The average molecular weight is 491 g/mol. The van der Waals surface area contributed by atoms with Gasteiger partial charge in [0.05, 0.1) is 24.2 Å². The Morgan fingerprint density at radius 3 is 2.58 bits per heavy atom. The number of anilines is 1. The first kappa shape index (κ1) is 25.8. The zero-order valence-corrected chi connectivity index (χ0v) is 22.0. The maximum Gasteiger partial charge on any atom is 0.152 e. The number of hydrogen-bond donors (Lipinski definition) is 3. The van der Waals surface area contributed by atoms with Gasteiger partial charge in [0.1, 0.15) is 22.8 Å². The number of benzene rings is 2. The highest BCUT2D eigenvalue weighted by atomic mass is 16.5. The molecule has 0 radical (unpaired) electrons. The van der Waals surface area contributed by atoms with Crippen LogP contribution in [0.1, 0.15) is 64.4 Å². The van der Waals surface area contributed by atoms with Crippen LogP contribution in [0.5, 0.6) is 11.5 Å². The van der Waals surface area contributed by atoms with Gasteiger partial charge < -0.3 is 25.3 Å². The van der Waals surface area contributed by atoms with Gasteiger partial charge in [0.25, 0.3) is 0 Å². The summed E-state index contributed by atoms with van der Waals surface area (Å²) in [6.45, 7) is 12.5. The van der Waals surface area contributed by atoms with Crippen molar-refractivity contribution in [2.75, 3.05) is 18.9 Å². The second-order valence-corrected chi connectivity index (χ2v) is 10.7. The highest BCUT2D eigenvalue weighted by Gasteiger charge is 2.24. The molecule has 36 heavy (non-hydrogen) atoms. The summed E-state index contributed by atoms with van der Waals surface area (Å²) < 4.78 is 8.12. The largest absolute Gasteiger partial charge is 0.508 e. The van der Waals surface area contributed by atoms with Gasteiger partial charge in [-0.1, -0.05) is 47.1 Å². The number of nitrogens with two attached hydrogens (primary N) is 1. The van der Waals surface area contributed by atoms with Gasteiger partial charge >= 0.3 is 0 Å². The number of hydrogen-bond acceptors (Lipinski definition) is 6. The van der Waals surface area contributed by atoms with Gasteiger partial charge in [-0.25, -0.2) is 9.97 Å². The number of pyridine rings is 1. The molecular weight excluding hydrogens is 452 g/mol. The molecule has 0 aliphatic carbocycles. The minimum absolute atomic E-state index is 0.110. The quantitative estimate of drug-likeness (QED) is 0.238. The lowest BCUT2D eigenvalue weighted by Gasteiger charge is -2.26. The topological polar surface area (TPSA) is 106 Å². The molecule has 0 saturated carbocycles. The fourth-order valence-electron chi connectivity index (χ4n) is 4.58. The number of phenolic OH excluding ortho intramolecular Hbond substituents is 2. The number of fused-ring (bicyclic) bond motifs is 3. The van der Waals surface area contributed by atoms with Gasteiger partial charge in [0.2, 0.25) is 0 Å². The summed E-state index contributed by atoms with van der Waals surface area (Å²) in [5, 5.41) is 21.5. The molecule has 0 unspecified atom stereocenters. The molecule has 4 rings (SSSR count). The van der Waals surface area contributed by atoms with Crippen molar-refractivity contribution in [2.24, 2.45) is 5.92 Å². The Morgan fingerprint density at radius 2 is 1.86 bits per heavy atom. The SMILES string of the molecule is CCCCc1nc2c(N)nc3ccc(C(C)(C)COCC(C)C)cc3c2n1Cc1cc(O)ccc1O. The van der Waals surface area contributed by atoms with Crippen molar-refractivity contribution >= 4 is 27.8 Å². The number of phenols is 2. The van der Waals surface area contributed by atoms with Crippen LogP contribution in [0.25, 0.3) is 21.9 Å². The molecule has 2 heterocycles. The van der Waals surface area contributed by atoms with Crippen molar-refractivity contribution < 1.29 is 14.9 Å². The third-order valence-electron chi connectivity index (χ3n) is 6.62. The molecule has 2 aromatic carbocycles. The number of unbranched alkanes of at least 4 members (excludes halogenated alkanes) is 1. The number of imidazole rings is 1. The average Bonchev–Trinajstić information content (AvgIpc) is 3.18. The third-order valence-corrected chi connectivity index (χ3v) is 6.62. The standard InChI is InChI=1S/C29H38N4O3/c1-6-7-8-25-32-26-27(33(25)15-19-13-21(34)10-12-24(19)35)22-14-20(9-11-23(22)31-28(26)30)29(4,5)17-36-16-18(2)3/h9-14,18,34-35H,6-8,15-17H2,1-5H3,(H2,30,31). The summed E-state index contributed by atoms with van der Waals surface area (Å²) >= 11 is 0. The van der Waals surface area contributed by atoms with Gasteiger partial charge in [0, 0.05) is 29.4 Å². The second-order valence-electron chi connectivity index (χ2n) is 10.7. The van der Waals surface area contributed by atoms with Gasteiger partial charge in [-0.2, -0.15) is 0 Å². The Bertz CT molecular complexity index is 1370. The van der Waals surface area contributed by atoms with Gasteiger partial charge in [0.15, 0.2) is 5.82 Å². The first-order valence-corrected chi connectivity index (χ1v) is 12.8. The summed E-state index contributed by atoms with van der Waals surface area (Å²) in [5.74, 6) is 2.00. The van der Waals surface area contributed by atoms with E-state index in [1.165, 1.54) is 12.1 Å². The summed E-state index contributed by atoms with van der Waals surface area (Å²) in [6, 6.07) is 10.9. The fraction of sp³-hybridized carbons (Fsp3) is 0.448. The van der Waals surface area contributed by atoms with Crippen molar-refractivity contribution in [3.05, 3.63) is 53.3 Å². The molecule has 4 aromatic rings. The zero-order valence-electron chi connectivity index (χ0n) is 22.0. The summed E-state index contributed by atoms with van der Waals surface area (Å²) in [6.07, 6.45) is 2.79. The number of ether oxygens (including phenoxy) is 1. The molecule has 4 N–H and O–H groups in total. The van der Waals surface area contributed by atoms with E-state index in [1.54, 1.807) is 6.07 Å². The Kier molecular flexibility index (Phi) is 7.41. The van der Waals surface area contributed by atoms with Crippen LogP contribution in [0.4, 0.5) is 5.82 Å². The Labute approximate surface area is 212 Å². The first-order chi connectivity index (χ1) is 17.1. The molecule has 7 nitrogen and oxygen atoms in total. The van der Waals surface area contributed by atoms with E-state index in [0.717, 1.165) is 53.7 Å². The zero-order chi connectivity index (χ0) is 26.0. The predicted octanol–water partition coefficient (Wildman–Crippen LogP) is 5.92. The van der Waals surface area contributed by atoms with E-state index in [-0.39, 0.29) is 16.9 Å². The Morgan fingerprint density at radius 1 is 1.08 bits per heavy atom. The fourth-order valence-corrected chi connectivity index (χ4v) is 4.58. The Hall–Kier alpha value is -3.32. The van der Waals surface area contributed by atoms with Crippen LogP contribution in [0.15, 0.2) is 36.4 Å². The summed E-state index contributed by atoms with van der Waals surface area (Å²) in [7, 11) is 0. The molecular formula is C29H38N4O3. The summed E-state index contributed by atoms with van der Waals surface area (Å²) in [5.41, 5.74) is 10.3. The second kappa shape index (κ2) is 10.3. The maximum absolute atomic E-state index is 10.5. The molecule has 0 fully saturated rings. The monoisotopic (exact) mass is 490 g/mol. The number of aryl methyl sites for hydroxylation is 1. The smallest absolute Gasteiger partial charge is 0.152 e. The van der Waals surface area contributed by atoms with Crippen LogP contribution in [0.2, 0.25) is 0 Å². The molecule has 192 valence electrons. The molecule has 0 amide bonds. The van der Waals surface area contributed by atoms with Crippen LogP contribution < -0.4 is 5.73 Å². The van der Waals surface area contributed by atoms with E-state index in [9.17, 15) is 10.2 Å². The first-order valence-electron chi connectivity index (χ1n) is 12.8. The van der Waals surface area contributed by atoms with Crippen LogP contribution in [-0.2, 0) is 23.1 Å². The molecule has 0 spiro atoms. The molecule has 0 aliphatic heterocycles. The molecule has 2 aromatic heterocycles. The summed E-state index contributed by atoms with van der Waals surface area (Å²) in [4.78, 5) is 9.58. The van der Waals surface area contributed by atoms with Crippen LogP contribution >= 0.6 is 0 Å². The minimum atomic E-state index is -0.198. The van der Waals surface area contributed by atoms with E-state index in [2.05, 4.69) is 56.3 Å². The maximum atomic E-state index is 10.5. The normalized spacial score (nSPS) is 12.3. The number of rotatable bonds is 10. The van der Waals surface area contributed by atoms with E-state index < -0.39 is 0 Å². The van der Waals surface area contributed by atoms with Crippen molar-refractivity contribution in [2.45, 2.75) is 65.8 Å². The molecule has 0 atom stereocenters. The highest BCUT2D eigenvalue weighted by Crippen LogP contribution is 2.35. The van der Waals surface area contributed by atoms with E-state index >= 15 is 0 Å². The molecule has 0 aliphatic rings. The van der Waals surface area contributed by atoms with Gasteiger partial charge in [-0.3, -0.25) is 0 Å². The van der Waals surface area contributed by atoms with E-state index in [1.807, 2.05) is 6.07 Å². The van der Waals surface area contributed by atoms with Crippen molar-refractivity contribution in [3.8, 4) is 11.5 Å². The molecule has 0 bridgehead atoms. The number of nitrogen functional groups attached to an aromatic ring is 1. The molecule has 7 heteroatoms. The van der Waals surface area contributed by atoms with Crippen molar-refractivity contribution in [3.63, 3.8) is 0 Å². The lowest BCUT2D eigenvalue weighted by atomic mass is 9.84. The Balaban J connectivity index is 1.90. The van der Waals surface area contributed by atoms with E-state index in [4.69, 9.17) is 15.5 Å². The van der Waals surface area contributed by atoms with Gasteiger partial charge in [-0.15, -0.1) is 0 Å². The van der Waals surface area contributed by atoms with Crippen LogP contribution in [0, 0.1) is 5.92 Å². The van der Waals surface area contributed by atoms with Crippen molar-refractivity contribution in [1.82, 2.24) is 14.5 Å². The number of nitrogens with zero attached hydrogens (tertiary/aromatic N) is 3. The van der Waals surface area contributed by atoms with Gasteiger partial charge in [-0.05, 0) is 48.2 Å². The number of aromatic hydroxyl groups is 2.